The van der Waals surface area contributed by atoms with Crippen LogP contribution in [0.1, 0.15) is 30.0 Å². The Balaban J connectivity index is 1.64. The molecule has 4 nitrogen and oxygen atoms in total. The third-order valence-electron chi connectivity index (χ3n) is 5.93. The lowest BCUT2D eigenvalue weighted by Crippen LogP contribution is -2.44. The summed E-state index contributed by atoms with van der Waals surface area (Å²) in [5.41, 5.74) is 2.12. The highest BCUT2D eigenvalue weighted by Crippen LogP contribution is 2.32. The number of carbonyl (C=O) groups excluding carboxylic acids is 1. The van der Waals surface area contributed by atoms with Crippen LogP contribution in [0.3, 0.4) is 0 Å². The first kappa shape index (κ1) is 22.4. The second-order valence-corrected chi connectivity index (χ2v) is 8.52. The van der Waals surface area contributed by atoms with Gasteiger partial charge >= 0.3 is 0 Å². The molecule has 0 saturated carbocycles. The van der Waals surface area contributed by atoms with Gasteiger partial charge in [-0.05, 0) is 61.3 Å². The molecule has 0 spiro atoms. The first-order valence-electron chi connectivity index (χ1n) is 11.2. The van der Waals surface area contributed by atoms with Crippen LogP contribution in [0.5, 0.6) is 5.75 Å². The van der Waals surface area contributed by atoms with Crippen LogP contribution in [-0.4, -0.2) is 37.0 Å². The summed E-state index contributed by atoms with van der Waals surface area (Å²) in [7, 11) is 0. The predicted molar refractivity (Wildman–Crippen MR) is 129 cm³/mol. The van der Waals surface area contributed by atoms with Crippen LogP contribution in [0.4, 0.5) is 0 Å². The fourth-order valence-electron chi connectivity index (χ4n) is 4.28. The van der Waals surface area contributed by atoms with Crippen molar-refractivity contribution in [2.24, 2.45) is 5.92 Å². The zero-order valence-electron chi connectivity index (χ0n) is 18.1. The van der Waals surface area contributed by atoms with Crippen molar-refractivity contribution in [2.75, 3.05) is 26.2 Å². The molecule has 5 heteroatoms. The summed E-state index contributed by atoms with van der Waals surface area (Å²) < 4.78 is 5.99. The molecule has 1 atom stereocenters. The topological polar surface area (TPSA) is 41.6 Å². The molecule has 1 amide bonds. The van der Waals surface area contributed by atoms with Gasteiger partial charge in [0.25, 0.3) is 0 Å². The fourth-order valence-corrected chi connectivity index (χ4v) is 4.41. The van der Waals surface area contributed by atoms with E-state index in [0.717, 1.165) is 42.8 Å². The average Bonchev–Trinajstić information content (AvgIpc) is 2.86. The van der Waals surface area contributed by atoms with E-state index in [1.54, 1.807) is 0 Å². The van der Waals surface area contributed by atoms with Gasteiger partial charge in [0.05, 0.1) is 12.6 Å². The molecule has 0 aliphatic carbocycles. The van der Waals surface area contributed by atoms with Gasteiger partial charge in [0.15, 0.2) is 0 Å². The first-order valence-corrected chi connectivity index (χ1v) is 11.6. The van der Waals surface area contributed by atoms with Crippen molar-refractivity contribution in [3.8, 4) is 5.75 Å². The van der Waals surface area contributed by atoms with Crippen LogP contribution in [0.25, 0.3) is 0 Å². The minimum Gasteiger partial charge on any atom is -0.492 e. The molecular formula is C27H29ClN2O2. The molecule has 3 aromatic rings. The number of para-hydroxylation sites is 1. The minimum absolute atomic E-state index is 0.0199. The zero-order chi connectivity index (χ0) is 22.2. The normalized spacial score (nSPS) is 15.2. The highest BCUT2D eigenvalue weighted by Gasteiger charge is 2.32. The standard InChI is InChI=1S/C27H29ClN2O2/c28-24-13-11-22(12-14-24)26(21-7-3-1-4-8-21)30(27(31)23-15-17-29-18-16-23)19-20-32-25-9-5-2-6-10-25/h1-14,23,26,29H,15-20H2/t26-/m1/s1. The number of amides is 1. The number of ether oxygens (including phenoxy) is 1. The van der Waals surface area contributed by atoms with Crippen molar-refractivity contribution in [3.63, 3.8) is 0 Å². The molecule has 166 valence electrons. The number of piperidine rings is 1. The summed E-state index contributed by atoms with van der Waals surface area (Å²) in [4.78, 5) is 15.8. The van der Waals surface area contributed by atoms with E-state index >= 15 is 0 Å². The second-order valence-electron chi connectivity index (χ2n) is 8.08. The van der Waals surface area contributed by atoms with Crippen molar-refractivity contribution in [1.29, 1.82) is 0 Å². The molecule has 0 aromatic heterocycles. The molecule has 32 heavy (non-hydrogen) atoms. The van der Waals surface area contributed by atoms with Crippen LogP contribution < -0.4 is 10.1 Å². The van der Waals surface area contributed by atoms with Crippen molar-refractivity contribution in [1.82, 2.24) is 10.2 Å². The summed E-state index contributed by atoms with van der Waals surface area (Å²) >= 11 is 6.17. The number of carbonyl (C=O) groups is 1. The Morgan fingerprint density at radius 1 is 0.906 bits per heavy atom. The third-order valence-corrected chi connectivity index (χ3v) is 6.18. The van der Waals surface area contributed by atoms with Gasteiger partial charge in [-0.2, -0.15) is 0 Å². The summed E-state index contributed by atoms with van der Waals surface area (Å²) in [6, 6.07) is 27.6. The average molecular weight is 449 g/mol. The molecule has 4 rings (SSSR count). The molecule has 1 saturated heterocycles. The molecular weight excluding hydrogens is 420 g/mol. The number of rotatable bonds is 8. The number of nitrogens with one attached hydrogen (secondary N) is 1. The number of hydrogen-bond acceptors (Lipinski definition) is 3. The van der Waals surface area contributed by atoms with E-state index in [1.807, 2.05) is 77.7 Å². The quantitative estimate of drug-likeness (QED) is 0.506. The van der Waals surface area contributed by atoms with E-state index in [0.29, 0.717) is 18.2 Å². The summed E-state index contributed by atoms with van der Waals surface area (Å²) in [5.74, 6) is 1.02. The molecule has 0 bridgehead atoms. The van der Waals surface area contributed by atoms with Gasteiger partial charge in [-0.15, -0.1) is 0 Å². The Morgan fingerprint density at radius 3 is 2.16 bits per heavy atom. The summed E-state index contributed by atoms with van der Waals surface area (Å²) in [6.07, 6.45) is 1.72. The smallest absolute Gasteiger partial charge is 0.226 e. The number of benzene rings is 3. The molecule has 0 radical (unpaired) electrons. The minimum atomic E-state index is -0.199. The zero-order valence-corrected chi connectivity index (χ0v) is 18.9. The van der Waals surface area contributed by atoms with E-state index in [9.17, 15) is 4.79 Å². The maximum absolute atomic E-state index is 13.8. The van der Waals surface area contributed by atoms with Gasteiger partial charge in [0.2, 0.25) is 5.91 Å². The maximum Gasteiger partial charge on any atom is 0.226 e. The molecule has 1 aliphatic rings. The van der Waals surface area contributed by atoms with E-state index < -0.39 is 0 Å². The Labute approximate surface area is 195 Å². The van der Waals surface area contributed by atoms with Crippen LogP contribution >= 0.6 is 11.6 Å². The number of halogens is 1. The highest BCUT2D eigenvalue weighted by molar-refractivity contribution is 6.30. The van der Waals surface area contributed by atoms with Crippen molar-refractivity contribution >= 4 is 17.5 Å². The van der Waals surface area contributed by atoms with Crippen LogP contribution in [0.15, 0.2) is 84.9 Å². The van der Waals surface area contributed by atoms with Crippen LogP contribution in [-0.2, 0) is 4.79 Å². The lowest BCUT2D eigenvalue weighted by atomic mass is 9.92. The second kappa shape index (κ2) is 11.2. The number of nitrogens with zero attached hydrogens (tertiary/aromatic N) is 1. The van der Waals surface area contributed by atoms with Gasteiger partial charge in [0.1, 0.15) is 12.4 Å². The third kappa shape index (κ3) is 5.70. The lowest BCUT2D eigenvalue weighted by Gasteiger charge is -2.36. The SMILES string of the molecule is O=C(C1CCNCC1)N(CCOc1ccccc1)[C@H](c1ccccc1)c1ccc(Cl)cc1. The van der Waals surface area contributed by atoms with Crippen molar-refractivity contribution in [3.05, 3.63) is 101 Å². The van der Waals surface area contributed by atoms with Gasteiger partial charge in [0, 0.05) is 10.9 Å². The predicted octanol–water partition coefficient (Wildman–Crippen LogP) is 5.34. The van der Waals surface area contributed by atoms with Gasteiger partial charge in [-0.3, -0.25) is 4.79 Å². The van der Waals surface area contributed by atoms with E-state index in [1.165, 1.54) is 0 Å². The summed E-state index contributed by atoms with van der Waals surface area (Å²) in [6.45, 7) is 2.68. The van der Waals surface area contributed by atoms with Gasteiger partial charge in [-0.25, -0.2) is 0 Å². The molecule has 3 aromatic carbocycles. The Kier molecular flexibility index (Phi) is 7.81. The number of hydrogen-bond donors (Lipinski definition) is 1. The molecule has 1 aliphatic heterocycles. The molecule has 1 heterocycles. The van der Waals surface area contributed by atoms with E-state index in [-0.39, 0.29) is 17.9 Å². The van der Waals surface area contributed by atoms with Crippen LogP contribution in [0, 0.1) is 5.92 Å². The lowest BCUT2D eigenvalue weighted by molar-refractivity contribution is -0.138. The Morgan fingerprint density at radius 2 is 1.50 bits per heavy atom. The molecule has 1 fully saturated rings. The van der Waals surface area contributed by atoms with Crippen molar-refractivity contribution in [2.45, 2.75) is 18.9 Å². The Hall–Kier alpha value is -2.82. The fraction of sp³-hybridized carbons (Fsp3) is 0.296. The molecule has 0 unspecified atom stereocenters. The van der Waals surface area contributed by atoms with Gasteiger partial charge in [-0.1, -0.05) is 72.3 Å². The molecule has 1 N–H and O–H groups in total. The van der Waals surface area contributed by atoms with E-state index in [4.69, 9.17) is 16.3 Å². The summed E-state index contributed by atoms with van der Waals surface area (Å²) in [5, 5.41) is 4.05. The first-order chi connectivity index (χ1) is 15.7. The van der Waals surface area contributed by atoms with Gasteiger partial charge < -0.3 is 15.0 Å². The Bertz CT molecular complexity index is 974. The van der Waals surface area contributed by atoms with Crippen LogP contribution in [0.2, 0.25) is 5.02 Å². The largest absolute Gasteiger partial charge is 0.492 e. The van der Waals surface area contributed by atoms with E-state index in [2.05, 4.69) is 17.4 Å². The highest BCUT2D eigenvalue weighted by atomic mass is 35.5. The monoisotopic (exact) mass is 448 g/mol. The van der Waals surface area contributed by atoms with Crippen molar-refractivity contribution < 1.29 is 9.53 Å². The maximum atomic E-state index is 13.8.